The Morgan fingerprint density at radius 1 is 1.28 bits per heavy atom. The average molecular weight is 286 g/mol. The molecule has 3 heteroatoms. The molecule has 0 unspecified atom stereocenters. The Kier molecular flexibility index (Phi) is 7.41. The van der Waals surface area contributed by atoms with Crippen LogP contribution in [0.25, 0.3) is 0 Å². The van der Waals surface area contributed by atoms with Crippen LogP contribution in [0.2, 0.25) is 10.0 Å². The SMILES string of the molecule is CCCNCCC=C(C)Cc1ccc(Cl)cc1Cl. The molecule has 0 aliphatic rings. The first-order valence-electron chi connectivity index (χ1n) is 6.43. The van der Waals surface area contributed by atoms with Crippen molar-refractivity contribution in [1.82, 2.24) is 5.32 Å². The molecular formula is C15H21Cl2N. The van der Waals surface area contributed by atoms with Crippen molar-refractivity contribution in [3.8, 4) is 0 Å². The topological polar surface area (TPSA) is 12.0 Å². The van der Waals surface area contributed by atoms with Gasteiger partial charge in [-0.25, -0.2) is 0 Å². The highest BCUT2D eigenvalue weighted by Gasteiger charge is 2.01. The molecule has 0 aliphatic heterocycles. The fourth-order valence-corrected chi connectivity index (χ4v) is 2.24. The van der Waals surface area contributed by atoms with E-state index in [1.165, 1.54) is 12.0 Å². The summed E-state index contributed by atoms with van der Waals surface area (Å²) < 4.78 is 0. The number of halogens is 2. The van der Waals surface area contributed by atoms with Gasteiger partial charge in [0.15, 0.2) is 0 Å². The molecule has 0 heterocycles. The highest BCUT2D eigenvalue weighted by atomic mass is 35.5. The van der Waals surface area contributed by atoms with Crippen LogP contribution in [-0.4, -0.2) is 13.1 Å². The van der Waals surface area contributed by atoms with E-state index in [-0.39, 0.29) is 0 Å². The first kappa shape index (κ1) is 15.6. The minimum Gasteiger partial charge on any atom is -0.316 e. The Morgan fingerprint density at radius 3 is 2.72 bits per heavy atom. The average Bonchev–Trinajstić information content (AvgIpc) is 2.32. The van der Waals surface area contributed by atoms with Crippen molar-refractivity contribution in [1.29, 1.82) is 0 Å². The summed E-state index contributed by atoms with van der Waals surface area (Å²) in [5, 5.41) is 4.82. The van der Waals surface area contributed by atoms with Crippen LogP contribution in [0.4, 0.5) is 0 Å². The van der Waals surface area contributed by atoms with Crippen LogP contribution < -0.4 is 5.32 Å². The second-order valence-electron chi connectivity index (χ2n) is 4.50. The standard InChI is InChI=1S/C15H21Cl2N/c1-3-8-18-9-4-5-12(2)10-13-6-7-14(16)11-15(13)17/h5-7,11,18H,3-4,8-10H2,1-2H3. The summed E-state index contributed by atoms with van der Waals surface area (Å²) in [6.45, 7) is 6.46. The third-order valence-electron chi connectivity index (χ3n) is 2.73. The van der Waals surface area contributed by atoms with Gasteiger partial charge < -0.3 is 5.32 Å². The Labute approximate surface area is 120 Å². The molecular weight excluding hydrogens is 265 g/mol. The molecule has 0 atom stereocenters. The molecule has 0 spiro atoms. The first-order chi connectivity index (χ1) is 8.63. The molecule has 0 amide bonds. The minimum absolute atomic E-state index is 0.689. The predicted molar refractivity (Wildman–Crippen MR) is 81.7 cm³/mol. The quantitative estimate of drug-likeness (QED) is 0.557. The summed E-state index contributed by atoms with van der Waals surface area (Å²) in [6.07, 6.45) is 5.41. The summed E-state index contributed by atoms with van der Waals surface area (Å²) in [5.41, 5.74) is 2.48. The number of benzene rings is 1. The maximum absolute atomic E-state index is 6.15. The lowest BCUT2D eigenvalue weighted by molar-refractivity contribution is 0.677. The molecule has 1 aromatic carbocycles. The maximum atomic E-state index is 6.15. The molecule has 0 aliphatic carbocycles. The van der Waals surface area contributed by atoms with E-state index >= 15 is 0 Å². The molecule has 0 saturated carbocycles. The summed E-state index contributed by atoms with van der Waals surface area (Å²) in [7, 11) is 0. The van der Waals surface area contributed by atoms with Crippen molar-refractivity contribution in [2.24, 2.45) is 0 Å². The van der Waals surface area contributed by atoms with Crippen LogP contribution in [0.5, 0.6) is 0 Å². The Hall–Kier alpha value is -0.500. The van der Waals surface area contributed by atoms with Crippen molar-refractivity contribution in [2.45, 2.75) is 33.1 Å². The first-order valence-corrected chi connectivity index (χ1v) is 7.19. The van der Waals surface area contributed by atoms with Crippen LogP contribution in [0.15, 0.2) is 29.8 Å². The van der Waals surface area contributed by atoms with Crippen molar-refractivity contribution < 1.29 is 0 Å². The van der Waals surface area contributed by atoms with Crippen LogP contribution in [0.3, 0.4) is 0 Å². The molecule has 0 fully saturated rings. The normalized spacial score (nSPS) is 11.9. The van der Waals surface area contributed by atoms with Crippen molar-refractivity contribution in [3.63, 3.8) is 0 Å². The number of nitrogens with one attached hydrogen (secondary N) is 1. The Balaban J connectivity index is 2.43. The second-order valence-corrected chi connectivity index (χ2v) is 5.35. The van der Waals surface area contributed by atoms with E-state index in [9.17, 15) is 0 Å². The second kappa shape index (κ2) is 8.58. The fraction of sp³-hybridized carbons (Fsp3) is 0.467. The molecule has 100 valence electrons. The largest absolute Gasteiger partial charge is 0.316 e. The third kappa shape index (κ3) is 5.90. The van der Waals surface area contributed by atoms with E-state index in [1.54, 1.807) is 6.07 Å². The Bertz CT molecular complexity index is 399. The van der Waals surface area contributed by atoms with Crippen LogP contribution in [0.1, 0.15) is 32.3 Å². The fourth-order valence-electron chi connectivity index (χ4n) is 1.76. The molecule has 0 bridgehead atoms. The summed E-state index contributed by atoms with van der Waals surface area (Å²) in [4.78, 5) is 0. The summed E-state index contributed by atoms with van der Waals surface area (Å²) in [5.74, 6) is 0. The van der Waals surface area contributed by atoms with Gasteiger partial charge in [-0.3, -0.25) is 0 Å². The highest BCUT2D eigenvalue weighted by molar-refractivity contribution is 6.35. The summed E-state index contributed by atoms with van der Waals surface area (Å²) in [6, 6.07) is 5.69. The van der Waals surface area contributed by atoms with Gasteiger partial charge in [0.05, 0.1) is 0 Å². The van der Waals surface area contributed by atoms with Crippen molar-refractivity contribution in [3.05, 3.63) is 45.5 Å². The van der Waals surface area contributed by atoms with Gasteiger partial charge in [-0.1, -0.05) is 47.8 Å². The molecule has 1 nitrogen and oxygen atoms in total. The van der Waals surface area contributed by atoms with E-state index in [0.29, 0.717) is 5.02 Å². The molecule has 0 saturated heterocycles. The molecule has 0 radical (unpaired) electrons. The molecule has 0 aromatic heterocycles. The zero-order chi connectivity index (χ0) is 13.4. The minimum atomic E-state index is 0.689. The zero-order valence-corrected chi connectivity index (χ0v) is 12.6. The van der Waals surface area contributed by atoms with Crippen LogP contribution >= 0.6 is 23.2 Å². The smallest absolute Gasteiger partial charge is 0.0456 e. The van der Waals surface area contributed by atoms with Gasteiger partial charge in [0.2, 0.25) is 0 Å². The summed E-state index contributed by atoms with van der Waals surface area (Å²) >= 11 is 12.0. The van der Waals surface area contributed by atoms with E-state index < -0.39 is 0 Å². The Morgan fingerprint density at radius 2 is 2.06 bits per heavy atom. The molecule has 18 heavy (non-hydrogen) atoms. The maximum Gasteiger partial charge on any atom is 0.0456 e. The van der Waals surface area contributed by atoms with Gasteiger partial charge in [-0.2, -0.15) is 0 Å². The van der Waals surface area contributed by atoms with Crippen LogP contribution in [0, 0.1) is 0 Å². The van der Waals surface area contributed by atoms with Gasteiger partial charge in [0.25, 0.3) is 0 Å². The van der Waals surface area contributed by atoms with Gasteiger partial charge >= 0.3 is 0 Å². The molecule has 1 rings (SSSR count). The third-order valence-corrected chi connectivity index (χ3v) is 3.31. The van der Waals surface area contributed by atoms with Crippen LogP contribution in [-0.2, 0) is 6.42 Å². The number of rotatable bonds is 7. The van der Waals surface area contributed by atoms with Crippen molar-refractivity contribution in [2.75, 3.05) is 13.1 Å². The lowest BCUT2D eigenvalue weighted by atomic mass is 10.1. The highest BCUT2D eigenvalue weighted by Crippen LogP contribution is 2.23. The van der Waals surface area contributed by atoms with E-state index in [2.05, 4.69) is 25.2 Å². The van der Waals surface area contributed by atoms with E-state index in [4.69, 9.17) is 23.2 Å². The van der Waals surface area contributed by atoms with Gasteiger partial charge in [0.1, 0.15) is 0 Å². The van der Waals surface area contributed by atoms with Gasteiger partial charge in [-0.15, -0.1) is 0 Å². The number of hydrogen-bond acceptors (Lipinski definition) is 1. The van der Waals surface area contributed by atoms with E-state index in [1.807, 2.05) is 12.1 Å². The number of allylic oxidation sites excluding steroid dienone is 1. The lowest BCUT2D eigenvalue weighted by Gasteiger charge is -2.06. The number of hydrogen-bond donors (Lipinski definition) is 1. The van der Waals surface area contributed by atoms with Crippen molar-refractivity contribution >= 4 is 23.2 Å². The molecule has 1 N–H and O–H groups in total. The monoisotopic (exact) mass is 285 g/mol. The lowest BCUT2D eigenvalue weighted by Crippen LogP contribution is -2.15. The van der Waals surface area contributed by atoms with Gasteiger partial charge in [0, 0.05) is 10.0 Å². The zero-order valence-electron chi connectivity index (χ0n) is 11.1. The van der Waals surface area contributed by atoms with Gasteiger partial charge in [-0.05, 0) is 57.0 Å². The van der Waals surface area contributed by atoms with E-state index in [0.717, 1.165) is 36.5 Å². The predicted octanol–water partition coefficient (Wildman–Crippen LogP) is 4.87. The molecule has 1 aromatic rings.